The third-order valence-corrected chi connectivity index (χ3v) is 4.89. The third kappa shape index (κ3) is 2.23. The van der Waals surface area contributed by atoms with E-state index in [-0.39, 0.29) is 35.3 Å². The molecule has 1 atom stereocenters. The summed E-state index contributed by atoms with van der Waals surface area (Å²) in [5.41, 5.74) is 0.882. The molecular formula is C18H18N2O3. The van der Waals surface area contributed by atoms with Crippen LogP contribution in [0, 0.1) is 0 Å². The topological polar surface area (TPSA) is 60.3 Å². The van der Waals surface area contributed by atoms with E-state index in [1.165, 1.54) is 6.07 Å². The molecule has 1 unspecified atom stereocenters. The zero-order valence-corrected chi connectivity index (χ0v) is 12.9. The fourth-order valence-corrected chi connectivity index (χ4v) is 3.28. The van der Waals surface area contributed by atoms with Gasteiger partial charge in [-0.3, -0.25) is 9.59 Å². The van der Waals surface area contributed by atoms with Crippen molar-refractivity contribution in [2.24, 2.45) is 0 Å². The number of hydrogen-bond acceptors (Lipinski definition) is 3. The number of amides is 1. The number of carbonyl (C=O) groups excluding carboxylic acids is 1. The van der Waals surface area contributed by atoms with Crippen LogP contribution in [0.15, 0.2) is 47.4 Å². The summed E-state index contributed by atoms with van der Waals surface area (Å²) in [6, 6.07) is 11.2. The normalized spacial score (nSPS) is 20.7. The summed E-state index contributed by atoms with van der Waals surface area (Å²) in [6.45, 7) is 2.33. The number of nitrogens with zero attached hydrogens (tertiary/aromatic N) is 1. The smallest absolute Gasteiger partial charge is 0.272 e. The molecule has 4 rings (SSSR count). The second kappa shape index (κ2) is 4.98. The van der Waals surface area contributed by atoms with E-state index >= 15 is 0 Å². The van der Waals surface area contributed by atoms with Crippen LogP contribution in [0.4, 0.5) is 0 Å². The molecule has 1 saturated carbocycles. The minimum atomic E-state index is -0.263. The predicted octanol–water partition coefficient (Wildman–Crippen LogP) is 2.26. The maximum Gasteiger partial charge on any atom is 0.272 e. The number of fused-ring (bicyclic) bond motifs is 1. The first-order chi connectivity index (χ1) is 11.1. The van der Waals surface area contributed by atoms with E-state index in [0.717, 1.165) is 18.4 Å². The highest BCUT2D eigenvalue weighted by atomic mass is 16.5. The van der Waals surface area contributed by atoms with Crippen LogP contribution in [0.1, 0.15) is 41.9 Å². The van der Waals surface area contributed by atoms with Crippen molar-refractivity contribution >= 4 is 5.91 Å². The van der Waals surface area contributed by atoms with Crippen LogP contribution in [0.25, 0.3) is 0 Å². The van der Waals surface area contributed by atoms with Gasteiger partial charge in [0.05, 0.1) is 11.6 Å². The van der Waals surface area contributed by atoms with Gasteiger partial charge in [0.25, 0.3) is 5.91 Å². The van der Waals surface area contributed by atoms with Crippen LogP contribution in [0.5, 0.6) is 5.75 Å². The molecule has 0 saturated heterocycles. The molecule has 1 fully saturated rings. The van der Waals surface area contributed by atoms with E-state index in [9.17, 15) is 9.59 Å². The molecule has 2 aliphatic rings. The Morgan fingerprint density at radius 3 is 2.65 bits per heavy atom. The van der Waals surface area contributed by atoms with Crippen LogP contribution in [-0.2, 0) is 6.61 Å². The lowest BCUT2D eigenvalue weighted by atomic mass is 10.0. The molecule has 1 aliphatic heterocycles. The molecule has 1 aromatic heterocycles. The maximum absolute atomic E-state index is 12.5. The number of ether oxygens (including phenoxy) is 1. The number of rotatable bonds is 3. The van der Waals surface area contributed by atoms with Gasteiger partial charge < -0.3 is 14.6 Å². The second-order valence-electron chi connectivity index (χ2n) is 6.33. The number of benzene rings is 1. The van der Waals surface area contributed by atoms with Gasteiger partial charge in [0.1, 0.15) is 6.61 Å². The van der Waals surface area contributed by atoms with Gasteiger partial charge in [-0.25, -0.2) is 0 Å². The average molecular weight is 310 g/mol. The number of carbonyl (C=O) groups is 1. The first-order valence-corrected chi connectivity index (χ1v) is 7.85. The molecule has 1 N–H and O–H groups in total. The first-order valence-electron chi connectivity index (χ1n) is 7.85. The Labute approximate surface area is 133 Å². The zero-order valence-electron chi connectivity index (χ0n) is 12.9. The van der Waals surface area contributed by atoms with Crippen LogP contribution < -0.4 is 15.5 Å². The molecule has 2 aromatic rings. The summed E-state index contributed by atoms with van der Waals surface area (Å²) in [5.74, 6) is -0.0856. The highest BCUT2D eigenvalue weighted by Gasteiger charge is 2.53. The molecule has 2 heterocycles. The number of pyridine rings is 1. The van der Waals surface area contributed by atoms with Crippen LogP contribution >= 0.6 is 0 Å². The lowest BCUT2D eigenvalue weighted by Crippen LogP contribution is -2.49. The SMILES string of the molecule is CC1n2ccc(=O)c(OCc3ccccc3)c2C(=O)NC12CC2. The van der Waals surface area contributed by atoms with E-state index in [4.69, 9.17) is 4.74 Å². The van der Waals surface area contributed by atoms with Gasteiger partial charge in [-0.2, -0.15) is 0 Å². The minimum Gasteiger partial charge on any atom is -0.483 e. The third-order valence-electron chi connectivity index (χ3n) is 4.89. The van der Waals surface area contributed by atoms with Gasteiger partial charge in [-0.15, -0.1) is 0 Å². The van der Waals surface area contributed by atoms with Crippen LogP contribution in [0.2, 0.25) is 0 Å². The minimum absolute atomic E-state index is 0.120. The summed E-state index contributed by atoms with van der Waals surface area (Å²) in [4.78, 5) is 24.7. The number of nitrogens with one attached hydrogen (secondary N) is 1. The van der Waals surface area contributed by atoms with Crippen molar-refractivity contribution in [1.82, 2.24) is 9.88 Å². The Hall–Kier alpha value is -2.56. The molecule has 1 spiro atoms. The highest BCUT2D eigenvalue weighted by molar-refractivity contribution is 5.97. The van der Waals surface area contributed by atoms with Crippen molar-refractivity contribution in [3.8, 4) is 5.75 Å². The summed E-state index contributed by atoms with van der Waals surface area (Å²) in [6.07, 6.45) is 3.66. The van der Waals surface area contributed by atoms with E-state index in [0.29, 0.717) is 5.69 Å². The van der Waals surface area contributed by atoms with Crippen molar-refractivity contribution in [2.75, 3.05) is 0 Å². The quantitative estimate of drug-likeness (QED) is 0.946. The molecule has 118 valence electrons. The van der Waals surface area contributed by atoms with E-state index in [2.05, 4.69) is 12.2 Å². The van der Waals surface area contributed by atoms with Gasteiger partial charge in [0.2, 0.25) is 5.43 Å². The zero-order chi connectivity index (χ0) is 16.0. The second-order valence-corrected chi connectivity index (χ2v) is 6.33. The van der Waals surface area contributed by atoms with Gasteiger partial charge >= 0.3 is 0 Å². The van der Waals surface area contributed by atoms with Gasteiger partial charge in [0.15, 0.2) is 11.4 Å². The summed E-state index contributed by atoms with van der Waals surface area (Å²) < 4.78 is 7.62. The molecule has 23 heavy (non-hydrogen) atoms. The van der Waals surface area contributed by atoms with Gasteiger partial charge in [-0.05, 0) is 25.3 Å². The Morgan fingerprint density at radius 2 is 1.96 bits per heavy atom. The molecular weight excluding hydrogens is 292 g/mol. The summed E-state index contributed by atoms with van der Waals surface area (Å²) >= 11 is 0. The molecule has 1 aromatic carbocycles. The van der Waals surface area contributed by atoms with E-state index < -0.39 is 0 Å². The lowest BCUT2D eigenvalue weighted by molar-refractivity contribution is 0.0860. The Bertz CT molecular complexity index is 822. The monoisotopic (exact) mass is 310 g/mol. The van der Waals surface area contributed by atoms with Gasteiger partial charge in [-0.1, -0.05) is 30.3 Å². The first kappa shape index (κ1) is 14.1. The molecule has 0 bridgehead atoms. The lowest BCUT2D eigenvalue weighted by Gasteiger charge is -2.34. The van der Waals surface area contributed by atoms with Crippen molar-refractivity contribution in [3.05, 3.63) is 64.1 Å². The predicted molar refractivity (Wildman–Crippen MR) is 85.6 cm³/mol. The highest BCUT2D eigenvalue weighted by Crippen LogP contribution is 2.47. The summed E-state index contributed by atoms with van der Waals surface area (Å²) in [5, 5.41) is 3.06. The number of aromatic nitrogens is 1. The molecule has 0 radical (unpaired) electrons. The molecule has 1 aliphatic carbocycles. The molecule has 5 nitrogen and oxygen atoms in total. The summed E-state index contributed by atoms with van der Waals surface area (Å²) in [7, 11) is 0. The Kier molecular flexibility index (Phi) is 3.04. The maximum atomic E-state index is 12.5. The fraction of sp³-hybridized carbons (Fsp3) is 0.333. The van der Waals surface area contributed by atoms with Crippen molar-refractivity contribution in [2.45, 2.75) is 38.0 Å². The Morgan fingerprint density at radius 1 is 1.22 bits per heavy atom. The largest absolute Gasteiger partial charge is 0.483 e. The van der Waals surface area contributed by atoms with Crippen molar-refractivity contribution in [1.29, 1.82) is 0 Å². The molecule has 1 amide bonds. The van der Waals surface area contributed by atoms with Crippen molar-refractivity contribution < 1.29 is 9.53 Å². The standard InChI is InChI=1S/C18H18N2O3/c1-12-18(8-9-18)19-17(22)15-16(14(21)7-10-20(12)15)23-11-13-5-3-2-4-6-13/h2-7,10,12H,8-9,11H2,1H3,(H,19,22). The van der Waals surface area contributed by atoms with Crippen LogP contribution in [-0.4, -0.2) is 16.0 Å². The van der Waals surface area contributed by atoms with E-state index in [1.807, 2.05) is 34.9 Å². The Balaban J connectivity index is 1.72. The number of hydrogen-bond donors (Lipinski definition) is 1. The van der Waals surface area contributed by atoms with Gasteiger partial charge in [0, 0.05) is 12.3 Å². The van der Waals surface area contributed by atoms with Crippen LogP contribution in [0.3, 0.4) is 0 Å². The van der Waals surface area contributed by atoms with Crippen molar-refractivity contribution in [3.63, 3.8) is 0 Å². The fourth-order valence-electron chi connectivity index (χ4n) is 3.28. The molecule has 5 heteroatoms. The average Bonchev–Trinajstić information content (AvgIpc) is 3.33. The van der Waals surface area contributed by atoms with E-state index in [1.54, 1.807) is 6.20 Å².